The van der Waals surface area contributed by atoms with Crippen molar-refractivity contribution < 1.29 is 13.2 Å². The van der Waals surface area contributed by atoms with Gasteiger partial charge in [0.1, 0.15) is 5.82 Å². The summed E-state index contributed by atoms with van der Waals surface area (Å²) in [5, 5.41) is 8.60. The fourth-order valence-electron chi connectivity index (χ4n) is 2.36. The molecule has 0 saturated carbocycles. The zero-order chi connectivity index (χ0) is 15.8. The first-order valence-electron chi connectivity index (χ1n) is 6.69. The third kappa shape index (κ3) is 3.57. The Kier molecular flexibility index (Phi) is 4.62. The summed E-state index contributed by atoms with van der Waals surface area (Å²) < 4.78 is 24.9. The number of nitrogens with zero attached hydrogens (tertiary/aromatic N) is 4. The highest BCUT2D eigenvalue weighted by molar-refractivity contribution is 8.00. The predicted octanol–water partition coefficient (Wildman–Crippen LogP) is 0.286. The van der Waals surface area contributed by atoms with Crippen LogP contribution in [0.25, 0.3) is 0 Å². The summed E-state index contributed by atoms with van der Waals surface area (Å²) in [5.41, 5.74) is 0. The third-order valence-corrected chi connectivity index (χ3v) is 6.43. The second-order valence-electron chi connectivity index (χ2n) is 5.49. The molecule has 2 heterocycles. The Morgan fingerprint density at radius 2 is 2.10 bits per heavy atom. The van der Waals surface area contributed by atoms with Gasteiger partial charge in [-0.15, -0.1) is 10.2 Å². The van der Waals surface area contributed by atoms with E-state index in [1.165, 1.54) is 11.8 Å². The molecule has 0 spiro atoms. The Labute approximate surface area is 129 Å². The lowest BCUT2D eigenvalue weighted by atomic mass is 10.1. The molecular weight excluding hydrogens is 312 g/mol. The van der Waals surface area contributed by atoms with Crippen LogP contribution in [0.15, 0.2) is 5.16 Å². The van der Waals surface area contributed by atoms with Crippen LogP contribution in [0.4, 0.5) is 0 Å². The topological polar surface area (TPSA) is 85.2 Å². The lowest BCUT2D eigenvalue weighted by Crippen LogP contribution is -2.29. The number of carbonyl (C=O) groups is 1. The molecule has 7 nitrogen and oxygen atoms in total. The van der Waals surface area contributed by atoms with Crippen LogP contribution in [0.1, 0.15) is 25.1 Å². The van der Waals surface area contributed by atoms with Crippen LogP contribution in [0, 0.1) is 0 Å². The average Bonchev–Trinajstić information content (AvgIpc) is 2.92. The zero-order valence-corrected chi connectivity index (χ0v) is 14.2. The molecular formula is C12H20N4O3S2. The monoisotopic (exact) mass is 332 g/mol. The van der Waals surface area contributed by atoms with Crippen molar-refractivity contribution in [2.45, 2.75) is 29.7 Å². The summed E-state index contributed by atoms with van der Waals surface area (Å²) in [6.45, 7) is 1.82. The standard InChI is InChI=1S/C12H20N4O3S2/c1-8(11(17)15(2)3)20-12-14-13-10(16(12)4)9-5-6-21(18,19)7-9/h8-9H,5-7H2,1-4H3/t8-,9-/m1/s1. The van der Waals surface area contributed by atoms with Gasteiger partial charge < -0.3 is 9.47 Å². The van der Waals surface area contributed by atoms with E-state index in [-0.39, 0.29) is 28.6 Å². The minimum absolute atomic E-state index is 0.00740. The van der Waals surface area contributed by atoms with E-state index in [1.807, 2.05) is 14.0 Å². The van der Waals surface area contributed by atoms with Gasteiger partial charge in [0.05, 0.1) is 16.8 Å². The number of sulfone groups is 1. The predicted molar refractivity (Wildman–Crippen MR) is 81.0 cm³/mol. The Balaban J connectivity index is 2.13. The Morgan fingerprint density at radius 1 is 1.43 bits per heavy atom. The Hall–Kier alpha value is -1.09. The van der Waals surface area contributed by atoms with Gasteiger partial charge in [0.15, 0.2) is 15.0 Å². The molecule has 118 valence electrons. The Bertz CT molecular complexity index is 639. The molecule has 1 amide bonds. The molecule has 0 aliphatic carbocycles. The van der Waals surface area contributed by atoms with E-state index in [0.717, 1.165) is 0 Å². The van der Waals surface area contributed by atoms with Crippen molar-refractivity contribution in [2.24, 2.45) is 7.05 Å². The molecule has 2 atom stereocenters. The van der Waals surface area contributed by atoms with Crippen LogP contribution in [0.2, 0.25) is 0 Å². The summed E-state index contributed by atoms with van der Waals surface area (Å²) >= 11 is 1.33. The lowest BCUT2D eigenvalue weighted by Gasteiger charge is -2.16. The second kappa shape index (κ2) is 5.96. The van der Waals surface area contributed by atoms with E-state index in [0.29, 0.717) is 17.4 Å². The summed E-state index contributed by atoms with van der Waals surface area (Å²) in [7, 11) is 2.29. The molecule has 0 radical (unpaired) electrons. The van der Waals surface area contributed by atoms with Gasteiger partial charge in [-0.2, -0.15) is 0 Å². The lowest BCUT2D eigenvalue weighted by molar-refractivity contribution is -0.127. The van der Waals surface area contributed by atoms with E-state index >= 15 is 0 Å². The van der Waals surface area contributed by atoms with Crippen molar-refractivity contribution in [2.75, 3.05) is 25.6 Å². The summed E-state index contributed by atoms with van der Waals surface area (Å²) in [6, 6.07) is 0. The molecule has 9 heteroatoms. The maximum Gasteiger partial charge on any atom is 0.235 e. The van der Waals surface area contributed by atoms with E-state index in [9.17, 15) is 13.2 Å². The number of amides is 1. The molecule has 0 unspecified atom stereocenters. The highest BCUT2D eigenvalue weighted by Crippen LogP contribution is 2.30. The zero-order valence-electron chi connectivity index (χ0n) is 12.6. The molecule has 1 aromatic heterocycles. The van der Waals surface area contributed by atoms with Crippen molar-refractivity contribution in [3.05, 3.63) is 5.82 Å². The molecule has 0 N–H and O–H groups in total. The van der Waals surface area contributed by atoms with Crippen molar-refractivity contribution in [3.8, 4) is 0 Å². The average molecular weight is 332 g/mol. The maximum absolute atomic E-state index is 11.9. The molecule has 21 heavy (non-hydrogen) atoms. The summed E-state index contributed by atoms with van der Waals surface area (Å²) in [5.74, 6) is 0.941. The van der Waals surface area contributed by atoms with Gasteiger partial charge in [-0.1, -0.05) is 11.8 Å². The second-order valence-corrected chi connectivity index (χ2v) is 9.03. The van der Waals surface area contributed by atoms with Crippen LogP contribution in [0.5, 0.6) is 0 Å². The van der Waals surface area contributed by atoms with Gasteiger partial charge in [0.2, 0.25) is 5.91 Å². The van der Waals surface area contributed by atoms with Crippen molar-refractivity contribution >= 4 is 27.5 Å². The van der Waals surface area contributed by atoms with Gasteiger partial charge in [-0.25, -0.2) is 8.42 Å². The van der Waals surface area contributed by atoms with Gasteiger partial charge in [-0.3, -0.25) is 4.79 Å². The number of aromatic nitrogens is 3. The summed E-state index contributed by atoms with van der Waals surface area (Å²) in [4.78, 5) is 13.4. The summed E-state index contributed by atoms with van der Waals surface area (Å²) in [6.07, 6.45) is 0.588. The first kappa shape index (κ1) is 16.3. The molecule has 1 saturated heterocycles. The van der Waals surface area contributed by atoms with Crippen LogP contribution in [-0.4, -0.2) is 64.8 Å². The van der Waals surface area contributed by atoms with Crippen LogP contribution < -0.4 is 0 Å². The SMILES string of the molecule is C[C@@H](Sc1nnc([C@@H]2CCS(=O)(=O)C2)n1C)C(=O)N(C)C. The van der Waals surface area contributed by atoms with Crippen LogP contribution in [0.3, 0.4) is 0 Å². The van der Waals surface area contributed by atoms with Gasteiger partial charge >= 0.3 is 0 Å². The number of hydrogen-bond donors (Lipinski definition) is 0. The first-order valence-corrected chi connectivity index (χ1v) is 9.39. The minimum atomic E-state index is -2.95. The highest BCUT2D eigenvalue weighted by Gasteiger charge is 2.33. The first-order chi connectivity index (χ1) is 9.71. The number of rotatable bonds is 4. The fraction of sp³-hybridized carbons (Fsp3) is 0.750. The van der Waals surface area contributed by atoms with Crippen LogP contribution >= 0.6 is 11.8 Å². The smallest absolute Gasteiger partial charge is 0.235 e. The van der Waals surface area contributed by atoms with Gasteiger partial charge in [-0.05, 0) is 13.3 Å². The third-order valence-electron chi connectivity index (χ3n) is 3.54. The molecule has 1 fully saturated rings. The molecule has 1 aliphatic heterocycles. The van der Waals surface area contributed by atoms with Gasteiger partial charge in [0.25, 0.3) is 0 Å². The van der Waals surface area contributed by atoms with Crippen molar-refractivity contribution in [1.29, 1.82) is 0 Å². The number of carbonyl (C=O) groups excluding carboxylic acids is 1. The van der Waals surface area contributed by atoms with E-state index in [4.69, 9.17) is 0 Å². The van der Waals surface area contributed by atoms with Crippen molar-refractivity contribution in [1.82, 2.24) is 19.7 Å². The molecule has 0 aromatic carbocycles. The molecule has 1 aromatic rings. The van der Waals surface area contributed by atoms with Crippen molar-refractivity contribution in [3.63, 3.8) is 0 Å². The van der Waals surface area contributed by atoms with E-state index < -0.39 is 9.84 Å². The quantitative estimate of drug-likeness (QED) is 0.737. The highest BCUT2D eigenvalue weighted by atomic mass is 32.2. The fourth-order valence-corrected chi connectivity index (χ4v) is 5.06. The molecule has 0 bridgehead atoms. The van der Waals surface area contributed by atoms with Gasteiger partial charge in [0, 0.05) is 27.1 Å². The molecule has 2 rings (SSSR count). The minimum Gasteiger partial charge on any atom is -0.348 e. The normalized spacial score (nSPS) is 22.2. The maximum atomic E-state index is 11.9. The largest absolute Gasteiger partial charge is 0.348 e. The molecule has 1 aliphatic rings. The Morgan fingerprint density at radius 3 is 2.62 bits per heavy atom. The van der Waals surface area contributed by atoms with E-state index in [1.54, 1.807) is 23.6 Å². The van der Waals surface area contributed by atoms with Crippen LogP contribution in [-0.2, 0) is 21.7 Å². The van der Waals surface area contributed by atoms with E-state index in [2.05, 4.69) is 10.2 Å². The number of hydrogen-bond acceptors (Lipinski definition) is 6. The number of thioether (sulfide) groups is 1.